The predicted octanol–water partition coefficient (Wildman–Crippen LogP) is 1.57. The molecule has 0 unspecified atom stereocenters. The summed E-state index contributed by atoms with van der Waals surface area (Å²) in [5.74, 6) is 0.706. The number of carbonyl (C=O) groups is 1. The maximum absolute atomic E-state index is 12.2. The highest BCUT2D eigenvalue weighted by molar-refractivity contribution is 6.06. The minimum Gasteiger partial charge on any atom is -0.494 e. The van der Waals surface area contributed by atoms with Crippen LogP contribution in [-0.2, 0) is 7.05 Å². The molecule has 0 aliphatic rings. The van der Waals surface area contributed by atoms with Gasteiger partial charge >= 0.3 is 0 Å². The smallest absolute Gasteiger partial charge is 0.260 e. The van der Waals surface area contributed by atoms with Crippen molar-refractivity contribution >= 4 is 17.4 Å². The lowest BCUT2D eigenvalue weighted by Gasteiger charge is -2.11. The van der Waals surface area contributed by atoms with Crippen molar-refractivity contribution in [2.24, 2.45) is 7.05 Å². The van der Waals surface area contributed by atoms with E-state index in [4.69, 9.17) is 10.5 Å². The fraction of sp³-hybridized carbons (Fsp3) is 0.231. The van der Waals surface area contributed by atoms with E-state index in [0.717, 1.165) is 5.69 Å². The molecule has 0 saturated carbocycles. The number of hydrogen-bond acceptors (Lipinski definition) is 4. The zero-order valence-electron chi connectivity index (χ0n) is 11.1. The predicted molar refractivity (Wildman–Crippen MR) is 73.3 cm³/mol. The van der Waals surface area contributed by atoms with Gasteiger partial charge in [0.2, 0.25) is 0 Å². The van der Waals surface area contributed by atoms with Crippen LogP contribution >= 0.6 is 0 Å². The number of hydrogen-bond donors (Lipinski definition) is 2. The minimum absolute atomic E-state index is 0.285. The van der Waals surface area contributed by atoms with E-state index >= 15 is 0 Å². The number of nitrogens with two attached hydrogens (primary N) is 1. The molecule has 0 radical (unpaired) electrons. The largest absolute Gasteiger partial charge is 0.494 e. The van der Waals surface area contributed by atoms with Gasteiger partial charge in [-0.3, -0.25) is 9.48 Å². The molecule has 1 aromatic carbocycles. The van der Waals surface area contributed by atoms with Crippen LogP contribution < -0.4 is 15.8 Å². The van der Waals surface area contributed by atoms with Crippen LogP contribution in [0.15, 0.2) is 24.3 Å². The SMILES string of the molecule is COc1c(N)cccc1C(=O)Nc1cc(C)nn1C. The molecule has 0 saturated heterocycles. The Balaban J connectivity index is 2.30. The summed E-state index contributed by atoms with van der Waals surface area (Å²) in [6, 6.07) is 6.84. The van der Waals surface area contributed by atoms with Crippen molar-refractivity contribution in [3.8, 4) is 5.75 Å². The summed E-state index contributed by atoms with van der Waals surface area (Å²) in [6.45, 7) is 1.86. The number of methoxy groups -OCH3 is 1. The molecule has 19 heavy (non-hydrogen) atoms. The van der Waals surface area contributed by atoms with Crippen molar-refractivity contribution in [2.75, 3.05) is 18.2 Å². The lowest BCUT2D eigenvalue weighted by atomic mass is 10.1. The number of para-hydroxylation sites is 1. The third-order valence-electron chi connectivity index (χ3n) is 2.74. The van der Waals surface area contributed by atoms with Gasteiger partial charge in [0.05, 0.1) is 24.1 Å². The monoisotopic (exact) mass is 260 g/mol. The van der Waals surface area contributed by atoms with Gasteiger partial charge in [-0.05, 0) is 19.1 Å². The van der Waals surface area contributed by atoms with Gasteiger partial charge in [-0.25, -0.2) is 0 Å². The van der Waals surface area contributed by atoms with Crippen LogP contribution in [0, 0.1) is 6.92 Å². The Hall–Kier alpha value is -2.50. The van der Waals surface area contributed by atoms with E-state index < -0.39 is 0 Å². The summed E-state index contributed by atoms with van der Waals surface area (Å²) >= 11 is 0. The maximum Gasteiger partial charge on any atom is 0.260 e. The fourth-order valence-corrected chi connectivity index (χ4v) is 1.87. The van der Waals surface area contributed by atoms with Crippen molar-refractivity contribution in [2.45, 2.75) is 6.92 Å². The number of nitrogens with zero attached hydrogens (tertiary/aromatic N) is 2. The van der Waals surface area contributed by atoms with E-state index in [9.17, 15) is 4.79 Å². The molecule has 6 heteroatoms. The molecule has 0 atom stereocenters. The molecule has 6 nitrogen and oxygen atoms in total. The highest BCUT2D eigenvalue weighted by Gasteiger charge is 2.15. The molecule has 1 heterocycles. The van der Waals surface area contributed by atoms with Crippen molar-refractivity contribution in [3.05, 3.63) is 35.5 Å². The van der Waals surface area contributed by atoms with Crippen LogP contribution in [0.25, 0.3) is 0 Å². The minimum atomic E-state index is -0.285. The van der Waals surface area contributed by atoms with Crippen molar-refractivity contribution in [1.82, 2.24) is 9.78 Å². The molecule has 100 valence electrons. The van der Waals surface area contributed by atoms with Gasteiger partial charge in [0.25, 0.3) is 5.91 Å². The van der Waals surface area contributed by atoms with Gasteiger partial charge in [-0.2, -0.15) is 5.10 Å². The number of aromatic nitrogens is 2. The Morgan fingerprint density at radius 3 is 2.79 bits per heavy atom. The Labute approximate surface area is 111 Å². The summed E-state index contributed by atoms with van der Waals surface area (Å²) in [6.07, 6.45) is 0. The van der Waals surface area contributed by atoms with Crippen LogP contribution in [-0.4, -0.2) is 22.8 Å². The maximum atomic E-state index is 12.2. The molecular formula is C13H16N4O2. The van der Waals surface area contributed by atoms with Crippen LogP contribution in [0.2, 0.25) is 0 Å². The number of rotatable bonds is 3. The second-order valence-corrected chi connectivity index (χ2v) is 4.18. The number of nitrogen functional groups attached to an aromatic ring is 1. The summed E-state index contributed by atoms with van der Waals surface area (Å²) in [5.41, 5.74) is 7.42. The quantitative estimate of drug-likeness (QED) is 0.821. The number of amides is 1. The Kier molecular flexibility index (Phi) is 3.41. The topological polar surface area (TPSA) is 82.2 Å². The van der Waals surface area contributed by atoms with Crippen LogP contribution in [0.5, 0.6) is 5.75 Å². The second kappa shape index (κ2) is 5.01. The zero-order valence-corrected chi connectivity index (χ0v) is 11.1. The van der Waals surface area contributed by atoms with E-state index in [-0.39, 0.29) is 5.91 Å². The summed E-state index contributed by atoms with van der Waals surface area (Å²) in [4.78, 5) is 12.2. The molecule has 0 aliphatic carbocycles. The average molecular weight is 260 g/mol. The third kappa shape index (κ3) is 2.52. The van der Waals surface area contributed by atoms with Crippen LogP contribution in [0.1, 0.15) is 16.1 Å². The molecule has 0 bridgehead atoms. The molecule has 2 rings (SSSR count). The molecule has 1 aromatic heterocycles. The molecular weight excluding hydrogens is 244 g/mol. The van der Waals surface area contributed by atoms with E-state index in [2.05, 4.69) is 10.4 Å². The third-order valence-corrected chi connectivity index (χ3v) is 2.74. The van der Waals surface area contributed by atoms with Gasteiger partial charge in [0.15, 0.2) is 5.75 Å². The van der Waals surface area contributed by atoms with Gasteiger partial charge in [0.1, 0.15) is 5.82 Å². The summed E-state index contributed by atoms with van der Waals surface area (Å²) in [5, 5.41) is 6.94. The lowest BCUT2D eigenvalue weighted by molar-refractivity contribution is 0.102. The van der Waals surface area contributed by atoms with Crippen LogP contribution in [0.4, 0.5) is 11.5 Å². The van der Waals surface area contributed by atoms with Gasteiger partial charge in [-0.15, -0.1) is 0 Å². The van der Waals surface area contributed by atoms with Crippen molar-refractivity contribution in [1.29, 1.82) is 0 Å². The van der Waals surface area contributed by atoms with E-state index in [0.29, 0.717) is 22.8 Å². The first kappa shape index (κ1) is 12.9. The first-order valence-electron chi connectivity index (χ1n) is 5.77. The normalized spacial score (nSPS) is 10.3. The van der Waals surface area contributed by atoms with E-state index in [1.807, 2.05) is 6.92 Å². The fourth-order valence-electron chi connectivity index (χ4n) is 1.87. The van der Waals surface area contributed by atoms with E-state index in [1.54, 1.807) is 36.0 Å². The number of benzene rings is 1. The zero-order chi connectivity index (χ0) is 14.0. The number of aryl methyl sites for hydroxylation is 2. The number of nitrogens with one attached hydrogen (secondary N) is 1. The average Bonchev–Trinajstić information content (AvgIpc) is 2.67. The molecule has 2 aromatic rings. The molecule has 1 amide bonds. The number of carbonyl (C=O) groups excluding carboxylic acids is 1. The molecule has 3 N–H and O–H groups in total. The highest BCUT2D eigenvalue weighted by Crippen LogP contribution is 2.26. The summed E-state index contributed by atoms with van der Waals surface area (Å²) in [7, 11) is 3.25. The van der Waals surface area contributed by atoms with Crippen molar-refractivity contribution < 1.29 is 9.53 Å². The standard InChI is InChI=1S/C13H16N4O2/c1-8-7-11(17(2)16-8)15-13(18)9-5-4-6-10(14)12(9)19-3/h4-7H,14H2,1-3H3,(H,15,18). The Morgan fingerprint density at radius 2 is 2.21 bits per heavy atom. The highest BCUT2D eigenvalue weighted by atomic mass is 16.5. The lowest BCUT2D eigenvalue weighted by Crippen LogP contribution is -2.16. The number of ether oxygens (including phenoxy) is 1. The van der Waals surface area contributed by atoms with Crippen LogP contribution in [0.3, 0.4) is 0 Å². The number of anilines is 2. The van der Waals surface area contributed by atoms with Gasteiger partial charge in [0, 0.05) is 13.1 Å². The molecule has 0 aliphatic heterocycles. The van der Waals surface area contributed by atoms with Crippen molar-refractivity contribution in [3.63, 3.8) is 0 Å². The summed E-state index contributed by atoms with van der Waals surface area (Å²) < 4.78 is 6.77. The Morgan fingerprint density at radius 1 is 1.47 bits per heavy atom. The Bertz CT molecular complexity index is 619. The van der Waals surface area contributed by atoms with E-state index in [1.165, 1.54) is 7.11 Å². The first-order valence-corrected chi connectivity index (χ1v) is 5.77. The second-order valence-electron chi connectivity index (χ2n) is 4.18. The molecule has 0 spiro atoms. The van der Waals surface area contributed by atoms with Gasteiger partial charge < -0.3 is 15.8 Å². The van der Waals surface area contributed by atoms with Gasteiger partial charge in [-0.1, -0.05) is 6.07 Å². The first-order chi connectivity index (χ1) is 9.02. The molecule has 0 fully saturated rings.